The predicted octanol–water partition coefficient (Wildman–Crippen LogP) is 3.05. The summed E-state index contributed by atoms with van der Waals surface area (Å²) in [6.07, 6.45) is 2.28. The molecule has 2 rings (SSSR count). The summed E-state index contributed by atoms with van der Waals surface area (Å²) in [4.78, 5) is 39.0. The maximum Gasteiger partial charge on any atom is 0.327 e. The molecule has 2 aromatic rings. The van der Waals surface area contributed by atoms with Crippen LogP contribution in [0.4, 0.5) is 0 Å². The molecule has 0 radical (unpaired) electrons. The topological polar surface area (TPSA) is 91.4 Å². The van der Waals surface area contributed by atoms with Crippen LogP contribution in [0, 0.1) is 0 Å². The lowest BCUT2D eigenvalue weighted by atomic mass is 9.76. The van der Waals surface area contributed by atoms with Gasteiger partial charge in [0.1, 0.15) is 11.5 Å². The van der Waals surface area contributed by atoms with Crippen LogP contribution in [0.3, 0.4) is 0 Å². The van der Waals surface area contributed by atoms with Gasteiger partial charge < -0.3 is 23.8 Å². The van der Waals surface area contributed by atoms with E-state index in [0.717, 1.165) is 24.8 Å². The van der Waals surface area contributed by atoms with E-state index in [1.165, 1.54) is 28.4 Å². The van der Waals surface area contributed by atoms with E-state index in [-0.39, 0.29) is 6.42 Å². The van der Waals surface area contributed by atoms with Gasteiger partial charge in [-0.1, -0.05) is 18.2 Å². The first-order valence-corrected chi connectivity index (χ1v) is 11.0. The Hall–Kier alpha value is -3.39. The SMILES string of the molecule is COC(=O)C(CCCN(C)CCc1ccc(C=O)c(OC)c1)(C(=O)OC)c1cccc(OC)c1. The van der Waals surface area contributed by atoms with E-state index < -0.39 is 17.4 Å². The van der Waals surface area contributed by atoms with Gasteiger partial charge in [0.25, 0.3) is 0 Å². The molecule has 0 atom stereocenters. The van der Waals surface area contributed by atoms with Gasteiger partial charge in [0.05, 0.1) is 34.0 Å². The quantitative estimate of drug-likeness (QED) is 0.250. The van der Waals surface area contributed by atoms with Crippen LogP contribution < -0.4 is 9.47 Å². The molecule has 0 N–H and O–H groups in total. The summed E-state index contributed by atoms with van der Waals surface area (Å²) >= 11 is 0. The summed E-state index contributed by atoms with van der Waals surface area (Å²) in [6.45, 7) is 1.38. The highest BCUT2D eigenvalue weighted by atomic mass is 16.5. The summed E-state index contributed by atoms with van der Waals surface area (Å²) in [7, 11) is 7.55. The predicted molar refractivity (Wildman–Crippen MR) is 128 cm³/mol. The second kappa shape index (κ2) is 12.7. The lowest BCUT2D eigenvalue weighted by molar-refractivity contribution is -0.162. The average Bonchev–Trinajstić information content (AvgIpc) is 2.88. The van der Waals surface area contributed by atoms with Gasteiger partial charge in [0.2, 0.25) is 0 Å². The maximum atomic E-state index is 12.9. The zero-order valence-electron chi connectivity index (χ0n) is 20.5. The Labute approximate surface area is 200 Å². The molecule has 0 spiro atoms. The van der Waals surface area contributed by atoms with Crippen LogP contribution in [0.1, 0.15) is 34.3 Å². The van der Waals surface area contributed by atoms with Crippen LogP contribution in [0.25, 0.3) is 0 Å². The van der Waals surface area contributed by atoms with E-state index in [4.69, 9.17) is 18.9 Å². The zero-order chi connectivity index (χ0) is 25.1. The third-order valence-corrected chi connectivity index (χ3v) is 5.93. The number of carbonyl (C=O) groups excluding carboxylic acids is 3. The highest BCUT2D eigenvalue weighted by Gasteiger charge is 2.49. The summed E-state index contributed by atoms with van der Waals surface area (Å²) in [6, 6.07) is 12.3. The van der Waals surface area contributed by atoms with Gasteiger partial charge in [-0.3, -0.25) is 14.4 Å². The van der Waals surface area contributed by atoms with Gasteiger partial charge >= 0.3 is 11.9 Å². The molecule has 0 fully saturated rings. The molecule has 8 heteroatoms. The molecule has 0 amide bonds. The largest absolute Gasteiger partial charge is 0.497 e. The fourth-order valence-electron chi connectivity index (χ4n) is 3.96. The average molecular weight is 472 g/mol. The van der Waals surface area contributed by atoms with Crippen molar-refractivity contribution < 1.29 is 33.3 Å². The zero-order valence-corrected chi connectivity index (χ0v) is 20.5. The van der Waals surface area contributed by atoms with Crippen molar-refractivity contribution in [2.45, 2.75) is 24.7 Å². The second-order valence-corrected chi connectivity index (χ2v) is 7.97. The lowest BCUT2D eigenvalue weighted by Crippen LogP contribution is -2.46. The first-order valence-electron chi connectivity index (χ1n) is 11.0. The molecule has 0 aromatic heterocycles. The van der Waals surface area contributed by atoms with Crippen molar-refractivity contribution in [2.75, 3.05) is 48.6 Å². The molecule has 2 aromatic carbocycles. The Morgan fingerprint density at radius 1 is 0.941 bits per heavy atom. The number of esters is 2. The highest BCUT2D eigenvalue weighted by Crippen LogP contribution is 2.34. The molecule has 0 aliphatic heterocycles. The normalized spacial score (nSPS) is 11.1. The van der Waals surface area contributed by atoms with Crippen LogP contribution in [-0.4, -0.2) is 71.7 Å². The van der Waals surface area contributed by atoms with Crippen molar-refractivity contribution in [1.82, 2.24) is 4.90 Å². The molecule has 0 aliphatic carbocycles. The highest BCUT2D eigenvalue weighted by molar-refractivity contribution is 6.06. The number of rotatable bonds is 13. The lowest BCUT2D eigenvalue weighted by Gasteiger charge is -2.29. The Kier molecular flexibility index (Phi) is 10.1. The molecule has 0 unspecified atom stereocenters. The first kappa shape index (κ1) is 26.9. The van der Waals surface area contributed by atoms with E-state index >= 15 is 0 Å². The first-order chi connectivity index (χ1) is 16.4. The number of methoxy groups -OCH3 is 4. The maximum absolute atomic E-state index is 12.9. The summed E-state index contributed by atoms with van der Waals surface area (Å²) in [5, 5.41) is 0. The minimum Gasteiger partial charge on any atom is -0.497 e. The van der Waals surface area contributed by atoms with Crippen LogP contribution >= 0.6 is 0 Å². The summed E-state index contributed by atoms with van der Waals surface area (Å²) in [5.74, 6) is -0.257. The number of ether oxygens (including phenoxy) is 4. The van der Waals surface area contributed by atoms with E-state index in [9.17, 15) is 14.4 Å². The summed E-state index contributed by atoms with van der Waals surface area (Å²) < 4.78 is 20.6. The van der Waals surface area contributed by atoms with Crippen molar-refractivity contribution in [3.8, 4) is 11.5 Å². The molecular weight excluding hydrogens is 438 g/mol. The van der Waals surface area contributed by atoms with Crippen LogP contribution in [0.2, 0.25) is 0 Å². The fraction of sp³-hybridized carbons (Fsp3) is 0.423. The number of benzene rings is 2. The van der Waals surface area contributed by atoms with Crippen molar-refractivity contribution in [3.05, 3.63) is 59.2 Å². The third kappa shape index (κ3) is 6.14. The number of hydrogen-bond acceptors (Lipinski definition) is 8. The number of likely N-dealkylation sites (N-methyl/N-ethyl adjacent to an activating group) is 1. The fourth-order valence-corrected chi connectivity index (χ4v) is 3.96. The van der Waals surface area contributed by atoms with E-state index in [2.05, 4.69) is 4.90 Å². The molecule has 8 nitrogen and oxygen atoms in total. The molecule has 0 saturated carbocycles. The molecule has 0 heterocycles. The van der Waals surface area contributed by atoms with Gasteiger partial charge in [-0.25, -0.2) is 0 Å². The van der Waals surface area contributed by atoms with Gasteiger partial charge in [-0.2, -0.15) is 0 Å². The Morgan fingerprint density at radius 3 is 2.24 bits per heavy atom. The van der Waals surface area contributed by atoms with Gasteiger partial charge in [-0.15, -0.1) is 0 Å². The molecule has 34 heavy (non-hydrogen) atoms. The van der Waals surface area contributed by atoms with Crippen molar-refractivity contribution in [3.63, 3.8) is 0 Å². The van der Waals surface area contributed by atoms with Gasteiger partial charge in [0, 0.05) is 6.54 Å². The Morgan fingerprint density at radius 2 is 1.65 bits per heavy atom. The van der Waals surface area contributed by atoms with Gasteiger partial charge in [-0.05, 0) is 68.2 Å². The molecule has 0 aliphatic rings. The number of carbonyl (C=O) groups is 3. The molecule has 0 saturated heterocycles. The van der Waals surface area contributed by atoms with Gasteiger partial charge in [0.15, 0.2) is 11.7 Å². The minimum absolute atomic E-state index is 0.214. The molecule has 184 valence electrons. The van der Waals surface area contributed by atoms with E-state index in [0.29, 0.717) is 35.6 Å². The van der Waals surface area contributed by atoms with Crippen LogP contribution in [-0.2, 0) is 30.9 Å². The van der Waals surface area contributed by atoms with Crippen LogP contribution in [0.5, 0.6) is 11.5 Å². The Balaban J connectivity index is 2.12. The minimum atomic E-state index is -1.59. The van der Waals surface area contributed by atoms with E-state index in [1.807, 2.05) is 19.2 Å². The number of aldehydes is 1. The van der Waals surface area contributed by atoms with Crippen molar-refractivity contribution in [1.29, 1.82) is 0 Å². The molecular formula is C26H33NO7. The Bertz CT molecular complexity index is 973. The number of nitrogens with zero attached hydrogens (tertiary/aromatic N) is 1. The monoisotopic (exact) mass is 471 g/mol. The van der Waals surface area contributed by atoms with Crippen molar-refractivity contribution in [2.24, 2.45) is 0 Å². The third-order valence-electron chi connectivity index (χ3n) is 5.93. The number of hydrogen-bond donors (Lipinski definition) is 0. The molecule has 0 bridgehead atoms. The van der Waals surface area contributed by atoms with Crippen LogP contribution in [0.15, 0.2) is 42.5 Å². The van der Waals surface area contributed by atoms with E-state index in [1.54, 1.807) is 30.3 Å². The summed E-state index contributed by atoms with van der Waals surface area (Å²) in [5.41, 5.74) is 0.440. The smallest absolute Gasteiger partial charge is 0.327 e. The van der Waals surface area contributed by atoms with Crippen molar-refractivity contribution >= 4 is 18.2 Å². The second-order valence-electron chi connectivity index (χ2n) is 7.97. The standard InChI is InChI=1S/C26H33NO7/c1-27(15-12-19-10-11-20(18-28)23(16-19)32-3)14-7-13-26(24(29)33-4,25(30)34-5)21-8-6-9-22(17-21)31-2/h6,8-11,16-18H,7,12-15H2,1-5H3.